The number of rotatable bonds is 4. The third-order valence-corrected chi connectivity index (χ3v) is 2.66. The van der Waals surface area contributed by atoms with Gasteiger partial charge < -0.3 is 16.2 Å². The maximum absolute atomic E-state index is 9.78. The van der Waals surface area contributed by atoms with Gasteiger partial charge in [0, 0.05) is 6.54 Å². The molecular weight excluding hydrogens is 182 g/mol. The number of nitrogens with zero attached hydrogens (tertiary/aromatic N) is 2. The van der Waals surface area contributed by atoms with Crippen LogP contribution in [0.5, 0.6) is 0 Å². The van der Waals surface area contributed by atoms with Crippen molar-refractivity contribution < 1.29 is 5.11 Å². The SMILES string of the molecule is Nc1nc(NCCC2(O)CCC2)n[nH]1. The Bertz CT molecular complexity index is 306. The number of nitrogens with one attached hydrogen (secondary N) is 2. The van der Waals surface area contributed by atoms with Gasteiger partial charge in [-0.3, -0.25) is 0 Å². The molecule has 1 aromatic heterocycles. The molecule has 0 unspecified atom stereocenters. The van der Waals surface area contributed by atoms with Gasteiger partial charge in [-0.25, -0.2) is 5.10 Å². The predicted molar refractivity (Wildman–Crippen MR) is 52.7 cm³/mol. The molecule has 0 radical (unpaired) electrons. The van der Waals surface area contributed by atoms with Crippen molar-refractivity contribution in [2.75, 3.05) is 17.6 Å². The Balaban J connectivity index is 1.72. The Morgan fingerprint density at radius 2 is 2.36 bits per heavy atom. The highest BCUT2D eigenvalue weighted by atomic mass is 16.3. The van der Waals surface area contributed by atoms with Gasteiger partial charge in [-0.15, -0.1) is 5.10 Å². The number of nitrogen functional groups attached to an aromatic ring is 1. The number of aromatic nitrogens is 3. The minimum Gasteiger partial charge on any atom is -0.390 e. The molecule has 14 heavy (non-hydrogen) atoms. The molecule has 1 aromatic rings. The van der Waals surface area contributed by atoms with E-state index >= 15 is 0 Å². The molecule has 1 heterocycles. The number of anilines is 2. The number of aliphatic hydroxyl groups is 1. The average molecular weight is 197 g/mol. The summed E-state index contributed by atoms with van der Waals surface area (Å²) in [5.74, 6) is 0.792. The minimum atomic E-state index is -0.450. The van der Waals surface area contributed by atoms with E-state index in [1.807, 2.05) is 0 Å². The zero-order chi connectivity index (χ0) is 10.0. The third-order valence-electron chi connectivity index (χ3n) is 2.66. The molecule has 0 aromatic carbocycles. The maximum atomic E-state index is 9.78. The number of H-pyrrole nitrogens is 1. The summed E-state index contributed by atoms with van der Waals surface area (Å²) < 4.78 is 0. The summed E-state index contributed by atoms with van der Waals surface area (Å²) in [6, 6.07) is 0. The van der Waals surface area contributed by atoms with Gasteiger partial charge in [0.05, 0.1) is 5.60 Å². The Morgan fingerprint density at radius 3 is 2.86 bits per heavy atom. The minimum absolute atomic E-state index is 0.301. The lowest BCUT2D eigenvalue weighted by atomic mass is 9.78. The van der Waals surface area contributed by atoms with Gasteiger partial charge in [0.2, 0.25) is 11.9 Å². The van der Waals surface area contributed by atoms with Crippen LogP contribution in [-0.2, 0) is 0 Å². The van der Waals surface area contributed by atoms with Gasteiger partial charge in [-0.05, 0) is 25.7 Å². The van der Waals surface area contributed by atoms with E-state index in [-0.39, 0.29) is 0 Å². The summed E-state index contributed by atoms with van der Waals surface area (Å²) in [7, 11) is 0. The highest BCUT2D eigenvalue weighted by Crippen LogP contribution is 2.34. The Labute approximate surface area is 81.9 Å². The van der Waals surface area contributed by atoms with Gasteiger partial charge in [0.25, 0.3) is 0 Å². The molecule has 0 saturated heterocycles. The third kappa shape index (κ3) is 1.95. The smallest absolute Gasteiger partial charge is 0.243 e. The lowest BCUT2D eigenvalue weighted by molar-refractivity contribution is -0.0370. The molecule has 0 atom stereocenters. The Hall–Kier alpha value is -1.30. The van der Waals surface area contributed by atoms with Crippen molar-refractivity contribution in [3.05, 3.63) is 0 Å². The topological polar surface area (TPSA) is 99.8 Å². The second kappa shape index (κ2) is 3.45. The Kier molecular flexibility index (Phi) is 2.28. The van der Waals surface area contributed by atoms with Crippen molar-refractivity contribution in [2.24, 2.45) is 0 Å². The predicted octanol–water partition coefficient (Wildman–Crippen LogP) is 0.104. The fourth-order valence-electron chi connectivity index (χ4n) is 1.60. The molecule has 0 spiro atoms. The second-order valence-corrected chi connectivity index (χ2v) is 3.80. The number of nitrogens with two attached hydrogens (primary N) is 1. The molecule has 1 aliphatic carbocycles. The van der Waals surface area contributed by atoms with Crippen LogP contribution in [-0.4, -0.2) is 32.4 Å². The van der Waals surface area contributed by atoms with E-state index < -0.39 is 5.60 Å². The lowest BCUT2D eigenvalue weighted by Gasteiger charge is -2.36. The van der Waals surface area contributed by atoms with Crippen LogP contribution in [0.3, 0.4) is 0 Å². The van der Waals surface area contributed by atoms with Crippen LogP contribution in [0.1, 0.15) is 25.7 Å². The first-order valence-electron chi connectivity index (χ1n) is 4.82. The lowest BCUT2D eigenvalue weighted by Crippen LogP contribution is -2.38. The van der Waals surface area contributed by atoms with Gasteiger partial charge in [-0.1, -0.05) is 0 Å². The van der Waals surface area contributed by atoms with E-state index in [9.17, 15) is 5.11 Å². The molecule has 1 aliphatic rings. The van der Waals surface area contributed by atoms with Crippen LogP contribution in [0.4, 0.5) is 11.9 Å². The van der Waals surface area contributed by atoms with Crippen LogP contribution in [0, 0.1) is 0 Å². The average Bonchev–Trinajstić information content (AvgIpc) is 2.49. The summed E-state index contributed by atoms with van der Waals surface area (Å²) in [6.07, 6.45) is 3.68. The number of hydrogen-bond acceptors (Lipinski definition) is 5. The summed E-state index contributed by atoms with van der Waals surface area (Å²) in [4.78, 5) is 3.89. The van der Waals surface area contributed by atoms with Crippen LogP contribution in [0.2, 0.25) is 0 Å². The zero-order valence-electron chi connectivity index (χ0n) is 7.95. The summed E-state index contributed by atoms with van der Waals surface area (Å²) in [5.41, 5.74) is 4.91. The van der Waals surface area contributed by atoms with E-state index in [1.54, 1.807) is 0 Å². The number of hydrogen-bond donors (Lipinski definition) is 4. The van der Waals surface area contributed by atoms with E-state index in [0.717, 1.165) is 25.7 Å². The normalized spacial score (nSPS) is 18.9. The summed E-state index contributed by atoms with van der Waals surface area (Å²) in [6.45, 7) is 0.674. The quantitative estimate of drug-likeness (QED) is 0.548. The van der Waals surface area contributed by atoms with Gasteiger partial charge in [-0.2, -0.15) is 4.98 Å². The molecule has 0 bridgehead atoms. The van der Waals surface area contributed by atoms with Crippen LogP contribution >= 0.6 is 0 Å². The fourth-order valence-corrected chi connectivity index (χ4v) is 1.60. The first-order valence-corrected chi connectivity index (χ1v) is 4.82. The van der Waals surface area contributed by atoms with Crippen LogP contribution in [0.15, 0.2) is 0 Å². The van der Waals surface area contributed by atoms with Crippen molar-refractivity contribution >= 4 is 11.9 Å². The van der Waals surface area contributed by atoms with Crippen LogP contribution < -0.4 is 11.1 Å². The fraction of sp³-hybridized carbons (Fsp3) is 0.750. The zero-order valence-corrected chi connectivity index (χ0v) is 7.95. The van der Waals surface area contributed by atoms with Gasteiger partial charge in [0.15, 0.2) is 0 Å². The first kappa shape index (κ1) is 9.26. The van der Waals surface area contributed by atoms with Gasteiger partial charge >= 0.3 is 0 Å². The first-order chi connectivity index (χ1) is 6.68. The summed E-state index contributed by atoms with van der Waals surface area (Å²) >= 11 is 0. The molecule has 1 fully saturated rings. The molecule has 2 rings (SSSR count). The van der Waals surface area contributed by atoms with E-state index in [0.29, 0.717) is 18.4 Å². The summed E-state index contributed by atoms with van der Waals surface area (Å²) in [5, 5.41) is 19.1. The molecule has 0 amide bonds. The van der Waals surface area contributed by atoms with Crippen molar-refractivity contribution in [1.29, 1.82) is 0 Å². The maximum Gasteiger partial charge on any atom is 0.243 e. The monoisotopic (exact) mass is 197 g/mol. The highest BCUT2D eigenvalue weighted by Gasteiger charge is 2.33. The molecular formula is C8H15N5O. The second-order valence-electron chi connectivity index (χ2n) is 3.80. The molecule has 6 heteroatoms. The molecule has 78 valence electrons. The Morgan fingerprint density at radius 1 is 1.57 bits per heavy atom. The van der Waals surface area contributed by atoms with E-state index in [4.69, 9.17) is 5.73 Å². The highest BCUT2D eigenvalue weighted by molar-refractivity contribution is 5.29. The standard InChI is InChI=1S/C8H15N5O/c9-6-11-7(13-12-6)10-5-4-8(14)2-1-3-8/h14H,1-5H2,(H4,9,10,11,12,13). The van der Waals surface area contributed by atoms with Crippen molar-refractivity contribution in [2.45, 2.75) is 31.3 Å². The van der Waals surface area contributed by atoms with E-state index in [2.05, 4.69) is 20.5 Å². The molecule has 5 N–H and O–H groups in total. The molecule has 0 aliphatic heterocycles. The van der Waals surface area contributed by atoms with Crippen molar-refractivity contribution in [3.8, 4) is 0 Å². The van der Waals surface area contributed by atoms with Crippen LogP contribution in [0.25, 0.3) is 0 Å². The van der Waals surface area contributed by atoms with Crippen molar-refractivity contribution in [1.82, 2.24) is 15.2 Å². The molecule has 1 saturated carbocycles. The molecule has 6 nitrogen and oxygen atoms in total. The van der Waals surface area contributed by atoms with Gasteiger partial charge in [0.1, 0.15) is 0 Å². The van der Waals surface area contributed by atoms with Crippen molar-refractivity contribution in [3.63, 3.8) is 0 Å². The largest absolute Gasteiger partial charge is 0.390 e. The van der Waals surface area contributed by atoms with E-state index in [1.165, 1.54) is 0 Å². The number of aromatic amines is 1.